The molecule has 0 amide bonds. The standard InChI is InChI=1S/C22H35F3N4O/c1-3-11-29-12-9-19(10-13-29)15-28-21(26-4-2)27-14-18-5-7-20(8-6-18)16-30-17-22(23,24)25/h5-8,19H,3-4,9-17H2,1-2H3,(H2,26,27,28). The van der Waals surface area contributed by atoms with Gasteiger partial charge in [0.2, 0.25) is 0 Å². The van der Waals surface area contributed by atoms with E-state index in [1.165, 1.54) is 38.9 Å². The third kappa shape index (κ3) is 9.80. The van der Waals surface area contributed by atoms with Crippen LogP contribution in [0.1, 0.15) is 44.2 Å². The molecule has 1 aliphatic heterocycles. The third-order valence-electron chi connectivity index (χ3n) is 5.13. The SMILES string of the molecule is CCCN1CCC(CNC(=NCc2ccc(COCC(F)(F)F)cc2)NCC)CC1. The van der Waals surface area contributed by atoms with E-state index in [4.69, 9.17) is 0 Å². The Labute approximate surface area is 178 Å². The molecule has 0 aromatic heterocycles. The minimum absolute atomic E-state index is 0.0513. The van der Waals surface area contributed by atoms with Crippen molar-refractivity contribution < 1.29 is 17.9 Å². The predicted octanol–water partition coefficient (Wildman–Crippen LogP) is 3.94. The molecule has 0 aliphatic carbocycles. The number of alkyl halides is 3. The highest BCUT2D eigenvalue weighted by Crippen LogP contribution is 2.17. The smallest absolute Gasteiger partial charge is 0.367 e. The molecule has 1 heterocycles. The summed E-state index contributed by atoms with van der Waals surface area (Å²) in [6.07, 6.45) is -0.660. The predicted molar refractivity (Wildman–Crippen MR) is 114 cm³/mol. The number of ether oxygens (including phenoxy) is 1. The van der Waals surface area contributed by atoms with Crippen molar-refractivity contribution >= 4 is 5.96 Å². The van der Waals surface area contributed by atoms with Crippen LogP contribution in [0.15, 0.2) is 29.3 Å². The fourth-order valence-electron chi connectivity index (χ4n) is 3.51. The van der Waals surface area contributed by atoms with Crippen LogP contribution in [-0.4, -0.2) is 56.4 Å². The molecular formula is C22H35F3N4O. The molecule has 8 heteroatoms. The number of benzene rings is 1. The molecule has 5 nitrogen and oxygen atoms in total. The van der Waals surface area contributed by atoms with E-state index in [-0.39, 0.29) is 6.61 Å². The number of aliphatic imine (C=N–C) groups is 1. The van der Waals surface area contributed by atoms with E-state index < -0.39 is 12.8 Å². The van der Waals surface area contributed by atoms with Gasteiger partial charge in [-0.05, 0) is 62.9 Å². The van der Waals surface area contributed by atoms with Crippen molar-refractivity contribution in [2.45, 2.75) is 52.4 Å². The van der Waals surface area contributed by atoms with E-state index in [2.05, 4.69) is 32.2 Å². The molecule has 1 aromatic rings. The topological polar surface area (TPSA) is 48.9 Å². The summed E-state index contributed by atoms with van der Waals surface area (Å²) in [6.45, 7) is 8.74. The van der Waals surface area contributed by atoms with Crippen LogP contribution in [-0.2, 0) is 17.9 Å². The van der Waals surface area contributed by atoms with E-state index in [1.807, 2.05) is 19.1 Å². The Morgan fingerprint density at radius 1 is 1.10 bits per heavy atom. The second kappa shape index (κ2) is 12.8. The average Bonchev–Trinajstić information content (AvgIpc) is 2.71. The van der Waals surface area contributed by atoms with Crippen LogP contribution in [0.5, 0.6) is 0 Å². The molecule has 0 spiro atoms. The molecule has 0 radical (unpaired) electrons. The van der Waals surface area contributed by atoms with Crippen molar-refractivity contribution in [3.8, 4) is 0 Å². The van der Waals surface area contributed by atoms with Crippen molar-refractivity contribution in [2.24, 2.45) is 10.9 Å². The normalized spacial score (nSPS) is 16.6. The molecule has 2 rings (SSSR count). The minimum atomic E-state index is -4.29. The largest absolute Gasteiger partial charge is 0.411 e. The molecule has 0 unspecified atom stereocenters. The Hall–Kier alpha value is -1.80. The molecular weight excluding hydrogens is 393 g/mol. The molecule has 0 saturated carbocycles. The van der Waals surface area contributed by atoms with Gasteiger partial charge < -0.3 is 20.3 Å². The van der Waals surface area contributed by atoms with Gasteiger partial charge in [0.25, 0.3) is 0 Å². The van der Waals surface area contributed by atoms with Gasteiger partial charge in [-0.15, -0.1) is 0 Å². The molecule has 170 valence electrons. The van der Waals surface area contributed by atoms with Gasteiger partial charge in [-0.3, -0.25) is 0 Å². The van der Waals surface area contributed by atoms with Crippen molar-refractivity contribution in [3.05, 3.63) is 35.4 Å². The summed E-state index contributed by atoms with van der Waals surface area (Å²) in [4.78, 5) is 7.18. The lowest BCUT2D eigenvalue weighted by Crippen LogP contribution is -2.43. The van der Waals surface area contributed by atoms with Gasteiger partial charge in [-0.2, -0.15) is 13.2 Å². The number of hydrogen-bond acceptors (Lipinski definition) is 3. The van der Waals surface area contributed by atoms with Crippen LogP contribution >= 0.6 is 0 Å². The number of likely N-dealkylation sites (tertiary alicyclic amines) is 1. The lowest BCUT2D eigenvalue weighted by molar-refractivity contribution is -0.176. The van der Waals surface area contributed by atoms with Crippen molar-refractivity contribution in [1.82, 2.24) is 15.5 Å². The minimum Gasteiger partial charge on any atom is -0.367 e. The molecule has 2 N–H and O–H groups in total. The summed E-state index contributed by atoms with van der Waals surface area (Å²) >= 11 is 0. The zero-order valence-electron chi connectivity index (χ0n) is 18.1. The summed E-state index contributed by atoms with van der Waals surface area (Å²) in [7, 11) is 0. The van der Waals surface area contributed by atoms with Crippen molar-refractivity contribution in [3.63, 3.8) is 0 Å². The highest BCUT2D eigenvalue weighted by molar-refractivity contribution is 5.79. The molecule has 1 aliphatic rings. The Morgan fingerprint density at radius 2 is 1.77 bits per heavy atom. The highest BCUT2D eigenvalue weighted by Gasteiger charge is 2.27. The van der Waals surface area contributed by atoms with Crippen LogP contribution in [0.3, 0.4) is 0 Å². The summed E-state index contributed by atoms with van der Waals surface area (Å²) < 4.78 is 41.1. The maximum absolute atomic E-state index is 12.1. The van der Waals surface area contributed by atoms with Gasteiger partial charge >= 0.3 is 6.18 Å². The first-order valence-electron chi connectivity index (χ1n) is 10.9. The van der Waals surface area contributed by atoms with Crippen LogP contribution in [0, 0.1) is 5.92 Å². The molecule has 0 atom stereocenters. The zero-order chi connectivity index (χ0) is 21.8. The maximum Gasteiger partial charge on any atom is 0.411 e. The van der Waals surface area contributed by atoms with E-state index in [9.17, 15) is 13.2 Å². The lowest BCUT2D eigenvalue weighted by Gasteiger charge is -2.32. The molecule has 30 heavy (non-hydrogen) atoms. The molecule has 1 fully saturated rings. The fraction of sp³-hybridized carbons (Fsp3) is 0.682. The number of nitrogens with one attached hydrogen (secondary N) is 2. The second-order valence-electron chi connectivity index (χ2n) is 7.79. The van der Waals surface area contributed by atoms with Gasteiger partial charge in [0, 0.05) is 13.1 Å². The molecule has 1 aromatic carbocycles. The van der Waals surface area contributed by atoms with Crippen LogP contribution in [0.25, 0.3) is 0 Å². The van der Waals surface area contributed by atoms with Crippen LogP contribution in [0.4, 0.5) is 13.2 Å². The highest BCUT2D eigenvalue weighted by atomic mass is 19.4. The van der Waals surface area contributed by atoms with E-state index in [1.54, 1.807) is 12.1 Å². The van der Waals surface area contributed by atoms with Gasteiger partial charge in [-0.25, -0.2) is 4.99 Å². The third-order valence-corrected chi connectivity index (χ3v) is 5.13. The number of piperidine rings is 1. The summed E-state index contributed by atoms with van der Waals surface area (Å²) in [6, 6.07) is 7.32. The number of halogens is 3. The van der Waals surface area contributed by atoms with Gasteiger partial charge in [0.05, 0.1) is 13.2 Å². The van der Waals surface area contributed by atoms with E-state index in [0.29, 0.717) is 18.0 Å². The number of nitrogens with zero attached hydrogens (tertiary/aromatic N) is 2. The number of hydrogen-bond donors (Lipinski definition) is 2. The van der Waals surface area contributed by atoms with Gasteiger partial charge in [0.15, 0.2) is 5.96 Å². The first-order valence-corrected chi connectivity index (χ1v) is 10.9. The van der Waals surface area contributed by atoms with E-state index in [0.717, 1.165) is 24.6 Å². The van der Waals surface area contributed by atoms with E-state index >= 15 is 0 Å². The second-order valence-corrected chi connectivity index (χ2v) is 7.79. The molecule has 0 bridgehead atoms. The monoisotopic (exact) mass is 428 g/mol. The summed E-state index contributed by atoms with van der Waals surface area (Å²) in [5.74, 6) is 1.46. The van der Waals surface area contributed by atoms with Gasteiger partial charge in [0.1, 0.15) is 6.61 Å². The molecule has 1 saturated heterocycles. The number of rotatable bonds is 10. The quantitative estimate of drug-likeness (QED) is 0.438. The first-order chi connectivity index (χ1) is 14.4. The Balaban J connectivity index is 1.77. The summed E-state index contributed by atoms with van der Waals surface area (Å²) in [5, 5.41) is 6.73. The Kier molecular flexibility index (Phi) is 10.4. The maximum atomic E-state index is 12.1. The average molecular weight is 429 g/mol. The number of guanidine groups is 1. The lowest BCUT2D eigenvalue weighted by atomic mass is 9.97. The zero-order valence-corrected chi connectivity index (χ0v) is 18.1. The fourth-order valence-corrected chi connectivity index (χ4v) is 3.51. The van der Waals surface area contributed by atoms with Crippen LogP contribution in [0.2, 0.25) is 0 Å². The Bertz CT molecular complexity index is 626. The van der Waals surface area contributed by atoms with Crippen molar-refractivity contribution in [2.75, 3.05) is 39.3 Å². The first kappa shape index (κ1) is 24.5. The Morgan fingerprint density at radius 3 is 2.37 bits per heavy atom. The van der Waals surface area contributed by atoms with Crippen molar-refractivity contribution in [1.29, 1.82) is 0 Å². The summed E-state index contributed by atoms with van der Waals surface area (Å²) in [5.41, 5.74) is 1.71. The van der Waals surface area contributed by atoms with Gasteiger partial charge in [-0.1, -0.05) is 31.2 Å². The van der Waals surface area contributed by atoms with Crippen LogP contribution < -0.4 is 10.6 Å².